The molecule has 0 N–H and O–H groups in total. The number of hydrogen-bond donors (Lipinski definition) is 0. The van der Waals surface area contributed by atoms with Crippen LogP contribution in [0.25, 0.3) is 0 Å². The van der Waals surface area contributed by atoms with Crippen molar-refractivity contribution in [3.8, 4) is 5.75 Å². The van der Waals surface area contributed by atoms with Gasteiger partial charge in [-0.2, -0.15) is 0 Å². The van der Waals surface area contributed by atoms with Crippen molar-refractivity contribution in [1.29, 1.82) is 0 Å². The van der Waals surface area contributed by atoms with Crippen molar-refractivity contribution in [2.24, 2.45) is 0 Å². The van der Waals surface area contributed by atoms with Gasteiger partial charge in [0.25, 0.3) is 5.91 Å². The first kappa shape index (κ1) is 18.1. The predicted molar refractivity (Wildman–Crippen MR) is 96.3 cm³/mol. The topological polar surface area (TPSA) is 50.6 Å². The number of carbonyl (C=O) groups is 1. The second-order valence-electron chi connectivity index (χ2n) is 5.52. The third-order valence-electron chi connectivity index (χ3n) is 4.20. The molecule has 2 aromatic rings. The second kappa shape index (κ2) is 8.06. The van der Waals surface area contributed by atoms with Crippen LogP contribution in [-0.4, -0.2) is 53.6 Å². The molecule has 0 aliphatic carbocycles. The summed E-state index contributed by atoms with van der Waals surface area (Å²) in [6, 6.07) is 7.32. The summed E-state index contributed by atoms with van der Waals surface area (Å²) >= 11 is 0. The van der Waals surface area contributed by atoms with Crippen molar-refractivity contribution >= 4 is 24.3 Å². The third-order valence-corrected chi connectivity index (χ3v) is 4.20. The van der Waals surface area contributed by atoms with Crippen LogP contribution in [0.15, 0.2) is 36.7 Å². The van der Waals surface area contributed by atoms with Crippen LogP contribution in [-0.2, 0) is 6.54 Å². The Morgan fingerprint density at radius 1 is 1.25 bits per heavy atom. The molecule has 0 atom stereocenters. The highest BCUT2D eigenvalue weighted by Crippen LogP contribution is 2.18. The summed E-state index contributed by atoms with van der Waals surface area (Å²) in [4.78, 5) is 21.2. The number of anilines is 1. The van der Waals surface area contributed by atoms with Gasteiger partial charge in [0.2, 0.25) is 5.95 Å². The van der Waals surface area contributed by atoms with E-state index in [4.69, 9.17) is 4.74 Å². The number of ether oxygens (including phenoxy) is 1. The standard InChI is InChI=1S/C17H22N4O2.ClH/c1-3-19-8-7-18-17(19)21-11-9-20(10-12-21)16(22)14-5-4-6-15(13-14)23-2;/h4-8,13H,3,9-12H2,1-2H3;1H. The molecule has 6 nitrogen and oxygen atoms in total. The van der Waals surface area contributed by atoms with Crippen molar-refractivity contribution in [3.63, 3.8) is 0 Å². The molecule has 0 saturated carbocycles. The van der Waals surface area contributed by atoms with E-state index in [0.717, 1.165) is 25.6 Å². The van der Waals surface area contributed by atoms with Gasteiger partial charge < -0.3 is 19.1 Å². The highest BCUT2D eigenvalue weighted by molar-refractivity contribution is 5.94. The summed E-state index contributed by atoms with van der Waals surface area (Å²) in [5.74, 6) is 1.75. The Bertz CT molecular complexity index is 681. The van der Waals surface area contributed by atoms with E-state index in [-0.39, 0.29) is 18.3 Å². The molecule has 130 valence electrons. The molecular weight excluding hydrogens is 328 g/mol. The van der Waals surface area contributed by atoms with Crippen molar-refractivity contribution in [2.45, 2.75) is 13.5 Å². The van der Waals surface area contributed by atoms with Crippen LogP contribution in [0.1, 0.15) is 17.3 Å². The van der Waals surface area contributed by atoms with Crippen LogP contribution in [0, 0.1) is 0 Å². The number of nitrogens with zero attached hydrogens (tertiary/aromatic N) is 4. The van der Waals surface area contributed by atoms with Crippen LogP contribution >= 0.6 is 12.4 Å². The average molecular weight is 351 g/mol. The molecule has 3 rings (SSSR count). The van der Waals surface area contributed by atoms with Gasteiger partial charge in [-0.3, -0.25) is 4.79 Å². The number of benzene rings is 1. The van der Waals surface area contributed by atoms with Crippen LogP contribution in [0.4, 0.5) is 5.95 Å². The smallest absolute Gasteiger partial charge is 0.254 e. The molecular formula is C17H23ClN4O2. The number of aryl methyl sites for hydroxylation is 1. The number of imidazole rings is 1. The Labute approximate surface area is 148 Å². The lowest BCUT2D eigenvalue weighted by Crippen LogP contribution is -2.49. The minimum absolute atomic E-state index is 0. The number of rotatable bonds is 4. The van der Waals surface area contributed by atoms with Gasteiger partial charge >= 0.3 is 0 Å². The summed E-state index contributed by atoms with van der Waals surface area (Å²) in [6.45, 7) is 6.00. The fraction of sp³-hybridized carbons (Fsp3) is 0.412. The normalized spacial score (nSPS) is 14.2. The molecule has 2 heterocycles. The molecule has 1 fully saturated rings. The molecule has 1 aromatic carbocycles. The molecule has 1 aliphatic rings. The predicted octanol–water partition coefficient (Wildman–Crippen LogP) is 2.30. The van der Waals surface area contributed by atoms with E-state index in [0.29, 0.717) is 24.4 Å². The number of halogens is 1. The minimum Gasteiger partial charge on any atom is -0.497 e. The zero-order chi connectivity index (χ0) is 16.2. The van der Waals surface area contributed by atoms with Gasteiger partial charge in [0.15, 0.2) is 0 Å². The molecule has 7 heteroatoms. The zero-order valence-corrected chi connectivity index (χ0v) is 14.8. The van der Waals surface area contributed by atoms with E-state index < -0.39 is 0 Å². The maximum absolute atomic E-state index is 12.6. The molecule has 0 spiro atoms. The van der Waals surface area contributed by atoms with Crippen LogP contribution < -0.4 is 9.64 Å². The van der Waals surface area contributed by atoms with Gasteiger partial charge in [0.1, 0.15) is 5.75 Å². The molecule has 0 unspecified atom stereocenters. The Hall–Kier alpha value is -2.21. The van der Waals surface area contributed by atoms with Gasteiger partial charge in [0, 0.05) is 50.7 Å². The summed E-state index contributed by atoms with van der Waals surface area (Å²) in [6.07, 6.45) is 3.82. The van der Waals surface area contributed by atoms with Crippen LogP contribution in [0.5, 0.6) is 5.75 Å². The highest BCUT2D eigenvalue weighted by atomic mass is 35.5. The maximum Gasteiger partial charge on any atom is 0.254 e. The lowest BCUT2D eigenvalue weighted by Gasteiger charge is -2.35. The van der Waals surface area contributed by atoms with Gasteiger partial charge in [-0.1, -0.05) is 6.07 Å². The summed E-state index contributed by atoms with van der Waals surface area (Å²) in [5, 5.41) is 0. The molecule has 24 heavy (non-hydrogen) atoms. The van der Waals surface area contributed by atoms with Gasteiger partial charge in [-0.05, 0) is 25.1 Å². The number of piperazine rings is 1. The lowest BCUT2D eigenvalue weighted by molar-refractivity contribution is 0.0745. The molecule has 1 amide bonds. The summed E-state index contributed by atoms with van der Waals surface area (Å²) in [7, 11) is 1.61. The maximum atomic E-state index is 12.6. The monoisotopic (exact) mass is 350 g/mol. The van der Waals surface area contributed by atoms with Crippen LogP contribution in [0.3, 0.4) is 0 Å². The van der Waals surface area contributed by atoms with E-state index in [9.17, 15) is 4.79 Å². The van der Waals surface area contributed by atoms with Gasteiger partial charge in [0.05, 0.1) is 7.11 Å². The van der Waals surface area contributed by atoms with E-state index in [1.165, 1.54) is 0 Å². The van der Waals surface area contributed by atoms with Gasteiger partial charge in [-0.15, -0.1) is 12.4 Å². The first-order valence-corrected chi connectivity index (χ1v) is 7.92. The molecule has 0 bridgehead atoms. The Morgan fingerprint density at radius 3 is 2.67 bits per heavy atom. The van der Waals surface area contributed by atoms with Crippen molar-refractivity contribution in [1.82, 2.24) is 14.5 Å². The SMILES string of the molecule is CCn1ccnc1N1CCN(C(=O)c2cccc(OC)c2)CC1.Cl. The fourth-order valence-electron chi connectivity index (χ4n) is 2.88. The molecule has 1 aromatic heterocycles. The van der Waals surface area contributed by atoms with Crippen molar-refractivity contribution < 1.29 is 9.53 Å². The van der Waals surface area contributed by atoms with Crippen LogP contribution in [0.2, 0.25) is 0 Å². The number of hydrogen-bond acceptors (Lipinski definition) is 4. The fourth-order valence-corrected chi connectivity index (χ4v) is 2.88. The van der Waals surface area contributed by atoms with Crippen molar-refractivity contribution in [3.05, 3.63) is 42.2 Å². The molecule has 1 aliphatic heterocycles. The lowest BCUT2D eigenvalue weighted by atomic mass is 10.1. The quantitative estimate of drug-likeness (QED) is 0.849. The first-order chi connectivity index (χ1) is 11.2. The minimum atomic E-state index is 0. The number of aromatic nitrogens is 2. The number of carbonyl (C=O) groups excluding carboxylic acids is 1. The molecule has 0 radical (unpaired) electrons. The Balaban J connectivity index is 0.00000208. The third kappa shape index (κ3) is 3.64. The van der Waals surface area contributed by atoms with E-state index in [2.05, 4.69) is 21.4 Å². The van der Waals surface area contributed by atoms with Crippen molar-refractivity contribution in [2.75, 3.05) is 38.2 Å². The average Bonchev–Trinajstić information content (AvgIpc) is 3.10. The highest BCUT2D eigenvalue weighted by Gasteiger charge is 2.24. The Kier molecular flexibility index (Phi) is 6.09. The summed E-state index contributed by atoms with van der Waals surface area (Å²) < 4.78 is 7.32. The summed E-state index contributed by atoms with van der Waals surface area (Å²) in [5.41, 5.74) is 0.674. The number of methoxy groups -OCH3 is 1. The second-order valence-corrected chi connectivity index (χ2v) is 5.52. The number of amides is 1. The Morgan fingerprint density at radius 2 is 2.00 bits per heavy atom. The largest absolute Gasteiger partial charge is 0.497 e. The zero-order valence-electron chi connectivity index (χ0n) is 14.0. The molecule has 1 saturated heterocycles. The van der Waals surface area contributed by atoms with E-state index in [1.54, 1.807) is 13.2 Å². The van der Waals surface area contributed by atoms with E-state index >= 15 is 0 Å². The first-order valence-electron chi connectivity index (χ1n) is 7.92. The van der Waals surface area contributed by atoms with E-state index in [1.807, 2.05) is 35.5 Å². The van der Waals surface area contributed by atoms with Gasteiger partial charge in [-0.25, -0.2) is 4.98 Å².